The summed E-state index contributed by atoms with van der Waals surface area (Å²) < 4.78 is 18.3. The van der Waals surface area contributed by atoms with Gasteiger partial charge in [-0.25, -0.2) is 4.39 Å². The van der Waals surface area contributed by atoms with Gasteiger partial charge in [-0.15, -0.1) is 0 Å². The average Bonchev–Trinajstić information content (AvgIpc) is 2.81. The van der Waals surface area contributed by atoms with E-state index in [0.29, 0.717) is 18.5 Å². The number of benzene rings is 1. The molecule has 1 aromatic carbocycles. The van der Waals surface area contributed by atoms with Gasteiger partial charge in [0.25, 0.3) is 0 Å². The van der Waals surface area contributed by atoms with E-state index >= 15 is 0 Å². The molecule has 3 nitrogen and oxygen atoms in total. The smallest absolute Gasteiger partial charge is 0.152 e. The van der Waals surface area contributed by atoms with E-state index in [1.54, 1.807) is 6.07 Å². The zero-order valence-electron chi connectivity index (χ0n) is 9.15. The van der Waals surface area contributed by atoms with Crippen LogP contribution in [0.3, 0.4) is 0 Å². The molecule has 0 N–H and O–H groups in total. The highest BCUT2D eigenvalue weighted by Crippen LogP contribution is 2.23. The molecule has 1 saturated heterocycles. The molecule has 86 valence electrons. The van der Waals surface area contributed by atoms with Crippen LogP contribution >= 0.6 is 0 Å². The van der Waals surface area contributed by atoms with Gasteiger partial charge in [-0.3, -0.25) is 4.79 Å². The Hall–Kier alpha value is -1.42. The van der Waals surface area contributed by atoms with Crippen molar-refractivity contribution in [2.24, 2.45) is 0 Å². The zero-order chi connectivity index (χ0) is 11.5. The number of nitrogens with zero attached hydrogens (tertiary/aromatic N) is 1. The highest BCUT2D eigenvalue weighted by molar-refractivity contribution is 5.84. The third-order valence-electron chi connectivity index (χ3n) is 2.95. The largest absolute Gasteiger partial charge is 0.379 e. The Morgan fingerprint density at radius 3 is 3.00 bits per heavy atom. The molecule has 2 rings (SSSR count). The van der Waals surface area contributed by atoms with Crippen molar-refractivity contribution < 1.29 is 13.9 Å². The summed E-state index contributed by atoms with van der Waals surface area (Å²) in [5.74, 6) is -0.387. The van der Waals surface area contributed by atoms with Crippen molar-refractivity contribution in [3.8, 4) is 0 Å². The molecule has 0 aliphatic carbocycles. The predicted molar refractivity (Wildman–Crippen MR) is 59.4 cm³/mol. The molecule has 0 spiro atoms. The van der Waals surface area contributed by atoms with Crippen LogP contribution in [0.25, 0.3) is 0 Å². The summed E-state index contributed by atoms with van der Waals surface area (Å²) in [4.78, 5) is 12.9. The minimum Gasteiger partial charge on any atom is -0.379 e. The second-order valence-electron chi connectivity index (χ2n) is 3.95. The summed E-state index contributed by atoms with van der Waals surface area (Å²) in [6.45, 7) is 1.40. The van der Waals surface area contributed by atoms with E-state index in [2.05, 4.69) is 0 Å². The molecule has 16 heavy (non-hydrogen) atoms. The number of carbonyl (C=O) groups excluding carboxylic acids is 1. The SMILES string of the molecule is CN(c1ccc(F)cc1C=O)C1CCOC1. The van der Waals surface area contributed by atoms with Crippen LogP contribution in [0.2, 0.25) is 0 Å². The number of hydrogen-bond donors (Lipinski definition) is 0. The first-order valence-corrected chi connectivity index (χ1v) is 5.27. The number of carbonyl (C=O) groups is 1. The van der Waals surface area contributed by atoms with E-state index in [9.17, 15) is 9.18 Å². The van der Waals surface area contributed by atoms with E-state index in [1.807, 2.05) is 11.9 Å². The molecule has 1 aliphatic rings. The third kappa shape index (κ3) is 2.07. The van der Waals surface area contributed by atoms with E-state index < -0.39 is 0 Å². The lowest BCUT2D eigenvalue weighted by atomic mass is 10.1. The van der Waals surface area contributed by atoms with Crippen molar-refractivity contribution >= 4 is 12.0 Å². The van der Waals surface area contributed by atoms with Gasteiger partial charge >= 0.3 is 0 Å². The zero-order valence-corrected chi connectivity index (χ0v) is 9.15. The van der Waals surface area contributed by atoms with Gasteiger partial charge in [0.15, 0.2) is 6.29 Å². The first kappa shape index (κ1) is 11.1. The van der Waals surface area contributed by atoms with Crippen molar-refractivity contribution in [1.29, 1.82) is 0 Å². The van der Waals surface area contributed by atoms with Crippen molar-refractivity contribution in [2.75, 3.05) is 25.2 Å². The molecule has 1 aromatic rings. The topological polar surface area (TPSA) is 29.5 Å². The molecule has 0 bridgehead atoms. The van der Waals surface area contributed by atoms with Crippen LogP contribution < -0.4 is 4.90 Å². The van der Waals surface area contributed by atoms with Crippen LogP contribution in [0, 0.1) is 5.82 Å². The Labute approximate surface area is 93.8 Å². The summed E-state index contributed by atoms with van der Waals surface area (Å²) in [5.41, 5.74) is 1.14. The minimum atomic E-state index is -0.387. The Bertz CT molecular complexity index is 389. The fourth-order valence-electron chi connectivity index (χ4n) is 1.97. The molecule has 0 saturated carbocycles. The van der Waals surface area contributed by atoms with Gasteiger partial charge in [-0.1, -0.05) is 0 Å². The van der Waals surface area contributed by atoms with Crippen molar-refractivity contribution in [3.05, 3.63) is 29.6 Å². The van der Waals surface area contributed by atoms with Crippen molar-refractivity contribution in [1.82, 2.24) is 0 Å². The van der Waals surface area contributed by atoms with E-state index in [0.717, 1.165) is 18.7 Å². The first-order valence-electron chi connectivity index (χ1n) is 5.27. The molecule has 1 unspecified atom stereocenters. The molecule has 1 fully saturated rings. The standard InChI is InChI=1S/C12H14FNO2/c1-14(11-4-5-16-8-11)12-3-2-10(13)6-9(12)7-15/h2-3,6-7,11H,4-5,8H2,1H3. The molecular formula is C12H14FNO2. The van der Waals surface area contributed by atoms with Crippen molar-refractivity contribution in [3.63, 3.8) is 0 Å². The van der Waals surface area contributed by atoms with Gasteiger partial charge in [0.1, 0.15) is 5.82 Å². The van der Waals surface area contributed by atoms with E-state index in [-0.39, 0.29) is 11.9 Å². The second kappa shape index (κ2) is 4.61. The Kier molecular flexibility index (Phi) is 3.19. The van der Waals surface area contributed by atoms with E-state index in [4.69, 9.17) is 4.74 Å². The molecule has 0 aromatic heterocycles. The number of hydrogen-bond acceptors (Lipinski definition) is 3. The number of likely N-dealkylation sites (N-methyl/N-ethyl adjacent to an activating group) is 1. The maximum absolute atomic E-state index is 13.0. The number of rotatable bonds is 3. The number of halogens is 1. The average molecular weight is 223 g/mol. The summed E-state index contributed by atoms with van der Waals surface area (Å²) >= 11 is 0. The second-order valence-corrected chi connectivity index (χ2v) is 3.95. The summed E-state index contributed by atoms with van der Waals surface area (Å²) in [5, 5.41) is 0. The van der Waals surface area contributed by atoms with Crippen LogP contribution in [-0.2, 0) is 4.74 Å². The lowest BCUT2D eigenvalue weighted by Gasteiger charge is -2.26. The first-order chi connectivity index (χ1) is 7.72. The summed E-state index contributed by atoms with van der Waals surface area (Å²) in [6.07, 6.45) is 1.62. The Morgan fingerprint density at radius 1 is 1.56 bits per heavy atom. The Morgan fingerprint density at radius 2 is 2.38 bits per heavy atom. The molecule has 0 amide bonds. The normalized spacial score (nSPS) is 19.8. The Balaban J connectivity index is 2.27. The third-order valence-corrected chi connectivity index (χ3v) is 2.95. The van der Waals surface area contributed by atoms with Crippen LogP contribution in [0.5, 0.6) is 0 Å². The molecule has 0 radical (unpaired) electrons. The molecule has 1 aliphatic heterocycles. The fraction of sp³-hybridized carbons (Fsp3) is 0.417. The summed E-state index contributed by atoms with van der Waals surface area (Å²) in [6, 6.07) is 4.53. The molecule has 1 heterocycles. The minimum absolute atomic E-state index is 0.268. The maximum Gasteiger partial charge on any atom is 0.152 e. The highest BCUT2D eigenvalue weighted by atomic mass is 19.1. The molecule has 1 atom stereocenters. The molecular weight excluding hydrogens is 209 g/mol. The quantitative estimate of drug-likeness (QED) is 0.732. The number of anilines is 1. The van der Waals surface area contributed by atoms with Gasteiger partial charge in [-0.2, -0.15) is 0 Å². The van der Waals surface area contributed by atoms with Gasteiger partial charge in [0, 0.05) is 24.9 Å². The van der Waals surface area contributed by atoms with Crippen LogP contribution in [0.1, 0.15) is 16.8 Å². The maximum atomic E-state index is 13.0. The fourth-order valence-corrected chi connectivity index (χ4v) is 1.97. The van der Waals surface area contributed by atoms with Gasteiger partial charge in [0.05, 0.1) is 12.6 Å². The monoisotopic (exact) mass is 223 g/mol. The van der Waals surface area contributed by atoms with Gasteiger partial charge in [0.2, 0.25) is 0 Å². The lowest BCUT2D eigenvalue weighted by molar-refractivity contribution is 0.112. The van der Waals surface area contributed by atoms with E-state index in [1.165, 1.54) is 12.1 Å². The summed E-state index contributed by atoms with van der Waals surface area (Å²) in [7, 11) is 1.90. The van der Waals surface area contributed by atoms with Crippen LogP contribution in [0.15, 0.2) is 18.2 Å². The van der Waals surface area contributed by atoms with Crippen LogP contribution in [-0.4, -0.2) is 32.6 Å². The number of aldehydes is 1. The van der Waals surface area contributed by atoms with Gasteiger partial charge in [-0.05, 0) is 24.6 Å². The number of ether oxygens (including phenoxy) is 1. The van der Waals surface area contributed by atoms with Crippen LogP contribution in [0.4, 0.5) is 10.1 Å². The van der Waals surface area contributed by atoms with Crippen molar-refractivity contribution in [2.45, 2.75) is 12.5 Å². The predicted octanol–water partition coefficient (Wildman–Crippen LogP) is 1.86. The van der Waals surface area contributed by atoms with Gasteiger partial charge < -0.3 is 9.64 Å². The molecule has 4 heteroatoms. The lowest BCUT2D eigenvalue weighted by Crippen LogP contribution is -2.32. The highest BCUT2D eigenvalue weighted by Gasteiger charge is 2.22.